The monoisotopic (exact) mass is 448 g/mol. The van der Waals surface area contributed by atoms with Crippen molar-refractivity contribution in [2.45, 2.75) is 46.4 Å². The smallest absolute Gasteiger partial charge is 0.427 e. The van der Waals surface area contributed by atoms with Gasteiger partial charge < -0.3 is 14.6 Å². The van der Waals surface area contributed by atoms with Crippen molar-refractivity contribution in [1.29, 1.82) is 0 Å². The van der Waals surface area contributed by atoms with Crippen LogP contribution in [0.2, 0.25) is 0 Å². The predicted molar refractivity (Wildman–Crippen MR) is 127 cm³/mol. The first-order valence-corrected chi connectivity index (χ1v) is 10.9. The quantitative estimate of drug-likeness (QED) is 0.422. The average Bonchev–Trinajstić information content (AvgIpc) is 3.13. The number of pyridine rings is 1. The Kier molecular flexibility index (Phi) is 6.20. The van der Waals surface area contributed by atoms with Gasteiger partial charge in [0.05, 0.1) is 17.3 Å². The molecule has 0 aliphatic carbocycles. The predicted octanol–water partition coefficient (Wildman–Crippen LogP) is 5.11. The van der Waals surface area contributed by atoms with E-state index in [1.165, 1.54) is 5.01 Å². The van der Waals surface area contributed by atoms with E-state index in [9.17, 15) is 9.90 Å². The van der Waals surface area contributed by atoms with Gasteiger partial charge in [0, 0.05) is 18.1 Å². The number of imidazole rings is 1. The fraction of sp³-hybridized carbons (Fsp3) is 0.320. The highest BCUT2D eigenvalue weighted by Crippen LogP contribution is 2.30. The summed E-state index contributed by atoms with van der Waals surface area (Å²) in [5, 5.41) is 12.2. The molecule has 33 heavy (non-hydrogen) atoms. The van der Waals surface area contributed by atoms with Gasteiger partial charge in [-0.15, -0.1) is 0 Å². The second-order valence-corrected chi connectivity index (χ2v) is 8.69. The molecule has 0 aliphatic heterocycles. The standard InChI is InChI=1S/C25H28N4O4/c1-5-32-16-22-27-21-14-26-20-13-18(33-15-17-9-7-6-8-10-17)11-12-19(20)23(21)28(22)29(24(30)31)25(2,3)4/h6-14H,5,15-16H2,1-4H3,(H,30,31). The van der Waals surface area contributed by atoms with Crippen LogP contribution in [0.1, 0.15) is 39.1 Å². The van der Waals surface area contributed by atoms with Gasteiger partial charge in [-0.25, -0.2) is 19.5 Å². The minimum atomic E-state index is -1.08. The molecule has 2 aromatic heterocycles. The first-order valence-electron chi connectivity index (χ1n) is 10.9. The average molecular weight is 449 g/mol. The number of nitrogens with zero attached hydrogens (tertiary/aromatic N) is 4. The van der Waals surface area contributed by atoms with Gasteiger partial charge in [0.1, 0.15) is 30.0 Å². The Hall–Kier alpha value is -3.65. The van der Waals surface area contributed by atoms with Crippen molar-refractivity contribution < 1.29 is 19.4 Å². The van der Waals surface area contributed by atoms with Gasteiger partial charge in [-0.2, -0.15) is 0 Å². The Balaban J connectivity index is 1.83. The van der Waals surface area contributed by atoms with Crippen molar-refractivity contribution in [2.75, 3.05) is 11.6 Å². The molecule has 8 heteroatoms. The molecule has 0 spiro atoms. The van der Waals surface area contributed by atoms with Crippen LogP contribution in [0, 0.1) is 0 Å². The number of aromatic nitrogens is 3. The summed E-state index contributed by atoms with van der Waals surface area (Å²) in [5.74, 6) is 1.19. The second-order valence-electron chi connectivity index (χ2n) is 8.69. The molecule has 0 saturated carbocycles. The molecule has 0 bridgehead atoms. The number of ether oxygens (including phenoxy) is 2. The third-order valence-electron chi connectivity index (χ3n) is 5.20. The van der Waals surface area contributed by atoms with Crippen LogP contribution >= 0.6 is 0 Å². The van der Waals surface area contributed by atoms with Crippen LogP contribution in [0.15, 0.2) is 54.7 Å². The normalized spacial score (nSPS) is 11.8. The maximum Gasteiger partial charge on any atom is 0.427 e. The van der Waals surface area contributed by atoms with Crippen LogP contribution in [0.25, 0.3) is 21.9 Å². The number of amides is 1. The van der Waals surface area contributed by atoms with Crippen LogP contribution in [0.3, 0.4) is 0 Å². The van der Waals surface area contributed by atoms with E-state index in [0.717, 1.165) is 10.9 Å². The van der Waals surface area contributed by atoms with E-state index in [0.29, 0.717) is 41.3 Å². The highest BCUT2D eigenvalue weighted by molar-refractivity contribution is 6.03. The van der Waals surface area contributed by atoms with Gasteiger partial charge in [-0.05, 0) is 45.4 Å². The zero-order valence-corrected chi connectivity index (χ0v) is 19.3. The lowest BCUT2D eigenvalue weighted by molar-refractivity contribution is 0.124. The summed E-state index contributed by atoms with van der Waals surface area (Å²) in [6.45, 7) is 8.54. The van der Waals surface area contributed by atoms with Gasteiger partial charge in [-0.3, -0.25) is 4.98 Å². The second kappa shape index (κ2) is 9.07. The Bertz CT molecular complexity index is 1280. The van der Waals surface area contributed by atoms with Crippen LogP contribution in [0.5, 0.6) is 5.75 Å². The molecule has 0 aliphatic rings. The highest BCUT2D eigenvalue weighted by Gasteiger charge is 2.32. The van der Waals surface area contributed by atoms with Crippen LogP contribution in [-0.4, -0.2) is 38.0 Å². The van der Waals surface area contributed by atoms with Crippen LogP contribution in [0.4, 0.5) is 4.79 Å². The van der Waals surface area contributed by atoms with E-state index < -0.39 is 11.6 Å². The summed E-state index contributed by atoms with van der Waals surface area (Å²) in [6.07, 6.45) is 0.583. The van der Waals surface area contributed by atoms with Gasteiger partial charge in [0.25, 0.3) is 0 Å². The SMILES string of the molecule is CCOCc1nc2cnc3cc(OCc4ccccc4)ccc3c2n1N(C(=O)O)C(C)(C)C. The minimum absolute atomic E-state index is 0.185. The molecule has 0 atom stereocenters. The van der Waals surface area contributed by atoms with Crippen LogP contribution in [-0.2, 0) is 18.0 Å². The molecule has 172 valence electrons. The Morgan fingerprint density at radius 3 is 2.52 bits per heavy atom. The molecule has 2 heterocycles. The minimum Gasteiger partial charge on any atom is -0.489 e. The molecule has 0 radical (unpaired) electrons. The summed E-state index contributed by atoms with van der Waals surface area (Å²) in [7, 11) is 0. The van der Waals surface area contributed by atoms with Gasteiger partial charge >= 0.3 is 6.09 Å². The topological polar surface area (TPSA) is 89.7 Å². The molecule has 4 aromatic rings. The number of fused-ring (bicyclic) bond motifs is 3. The number of carboxylic acid groups (broad SMARTS) is 1. The van der Waals surface area contributed by atoms with Gasteiger partial charge in [0.2, 0.25) is 0 Å². The summed E-state index contributed by atoms with van der Waals surface area (Å²) < 4.78 is 13.2. The molecule has 0 unspecified atom stereocenters. The lowest BCUT2D eigenvalue weighted by Gasteiger charge is -2.35. The van der Waals surface area contributed by atoms with Crippen molar-refractivity contribution in [2.24, 2.45) is 0 Å². The van der Waals surface area contributed by atoms with E-state index in [1.807, 2.05) is 76.2 Å². The van der Waals surface area contributed by atoms with Gasteiger partial charge in [0.15, 0.2) is 5.82 Å². The van der Waals surface area contributed by atoms with E-state index >= 15 is 0 Å². The van der Waals surface area contributed by atoms with E-state index in [1.54, 1.807) is 10.9 Å². The number of hydrogen-bond donors (Lipinski definition) is 1. The van der Waals surface area contributed by atoms with E-state index in [4.69, 9.17) is 9.47 Å². The third-order valence-corrected chi connectivity index (χ3v) is 5.20. The molecular formula is C25H28N4O4. The molecule has 0 fully saturated rings. The Morgan fingerprint density at radius 2 is 1.85 bits per heavy atom. The lowest BCUT2D eigenvalue weighted by Crippen LogP contribution is -2.53. The lowest BCUT2D eigenvalue weighted by atomic mass is 10.1. The first kappa shape index (κ1) is 22.5. The number of carbonyl (C=O) groups is 1. The molecule has 8 nitrogen and oxygen atoms in total. The third kappa shape index (κ3) is 4.61. The van der Waals surface area contributed by atoms with Crippen molar-refractivity contribution in [3.8, 4) is 5.75 Å². The highest BCUT2D eigenvalue weighted by atomic mass is 16.5. The zero-order chi connectivity index (χ0) is 23.6. The van der Waals surface area contributed by atoms with Crippen LogP contribution < -0.4 is 9.75 Å². The molecule has 2 aromatic carbocycles. The number of benzene rings is 2. The number of rotatable bonds is 7. The van der Waals surface area contributed by atoms with Crippen molar-refractivity contribution >= 4 is 28.0 Å². The summed E-state index contributed by atoms with van der Waals surface area (Å²) in [5.41, 5.74) is 2.32. The summed E-state index contributed by atoms with van der Waals surface area (Å²) in [6, 6.07) is 15.6. The summed E-state index contributed by atoms with van der Waals surface area (Å²) in [4.78, 5) is 21.5. The van der Waals surface area contributed by atoms with Crippen molar-refractivity contribution in [1.82, 2.24) is 14.6 Å². The molecule has 1 N–H and O–H groups in total. The van der Waals surface area contributed by atoms with Gasteiger partial charge in [-0.1, -0.05) is 30.3 Å². The maximum atomic E-state index is 12.3. The molecule has 4 rings (SSSR count). The van der Waals surface area contributed by atoms with E-state index in [2.05, 4.69) is 9.97 Å². The largest absolute Gasteiger partial charge is 0.489 e. The molecular weight excluding hydrogens is 420 g/mol. The Labute approximate surface area is 192 Å². The summed E-state index contributed by atoms with van der Waals surface area (Å²) >= 11 is 0. The molecule has 0 saturated heterocycles. The fourth-order valence-electron chi connectivity index (χ4n) is 3.77. The van der Waals surface area contributed by atoms with Crippen molar-refractivity contribution in [3.63, 3.8) is 0 Å². The van der Waals surface area contributed by atoms with E-state index in [-0.39, 0.29) is 6.61 Å². The zero-order valence-electron chi connectivity index (χ0n) is 19.3. The van der Waals surface area contributed by atoms with Crippen molar-refractivity contribution in [3.05, 3.63) is 66.1 Å². The fourth-order valence-corrected chi connectivity index (χ4v) is 3.77. The Morgan fingerprint density at radius 1 is 1.09 bits per heavy atom. The number of hydrogen-bond acceptors (Lipinski definition) is 5. The molecule has 1 amide bonds. The maximum absolute atomic E-state index is 12.3. The first-order chi connectivity index (χ1) is 15.8.